The predicted molar refractivity (Wildman–Crippen MR) is 79.6 cm³/mol. The van der Waals surface area contributed by atoms with E-state index in [1.165, 1.54) is 0 Å². The number of hydrogen-bond acceptors (Lipinski definition) is 3. The Labute approximate surface area is 124 Å². The molecule has 0 spiro atoms. The summed E-state index contributed by atoms with van der Waals surface area (Å²) in [6, 6.07) is 6.89. The van der Waals surface area contributed by atoms with Gasteiger partial charge >= 0.3 is 0 Å². The number of nitrogens with one attached hydrogen (secondary N) is 2. The number of nitriles is 1. The third-order valence-corrected chi connectivity index (χ3v) is 3.92. The van der Waals surface area contributed by atoms with E-state index in [4.69, 9.17) is 16.9 Å². The molecule has 0 radical (unpaired) electrons. The summed E-state index contributed by atoms with van der Waals surface area (Å²) in [5.41, 5.74) is 1.06. The first-order valence-corrected chi connectivity index (χ1v) is 7.27. The normalized spacial score (nSPS) is 15.6. The van der Waals surface area contributed by atoms with E-state index in [1.807, 2.05) is 6.07 Å². The molecule has 1 saturated heterocycles. The van der Waals surface area contributed by atoms with Gasteiger partial charge in [0.2, 0.25) is 5.91 Å². The number of benzene rings is 1. The number of carbonyl (C=O) groups is 1. The topological polar surface area (TPSA) is 64.9 Å². The molecule has 5 heteroatoms. The first-order chi connectivity index (χ1) is 9.69. The number of nitrogens with zero attached hydrogens (tertiary/aromatic N) is 1. The van der Waals surface area contributed by atoms with E-state index in [-0.39, 0.29) is 5.91 Å². The molecule has 1 aliphatic heterocycles. The molecular formula is C15H18ClN3O. The monoisotopic (exact) mass is 291 g/mol. The maximum Gasteiger partial charge on any atom is 0.224 e. The lowest BCUT2D eigenvalue weighted by Crippen LogP contribution is -2.28. The van der Waals surface area contributed by atoms with Gasteiger partial charge in [-0.1, -0.05) is 11.6 Å². The zero-order chi connectivity index (χ0) is 14.4. The highest BCUT2D eigenvalue weighted by atomic mass is 35.5. The number of anilines is 1. The van der Waals surface area contributed by atoms with Crippen LogP contribution in [0.2, 0.25) is 5.02 Å². The minimum atomic E-state index is -0.0184. The smallest absolute Gasteiger partial charge is 0.224 e. The maximum atomic E-state index is 11.9. The van der Waals surface area contributed by atoms with Crippen LogP contribution in [0.1, 0.15) is 31.2 Å². The average Bonchev–Trinajstić information content (AvgIpc) is 2.48. The van der Waals surface area contributed by atoms with Crippen LogP contribution in [0.25, 0.3) is 0 Å². The largest absolute Gasteiger partial charge is 0.325 e. The fourth-order valence-electron chi connectivity index (χ4n) is 2.40. The Morgan fingerprint density at radius 3 is 2.85 bits per heavy atom. The van der Waals surface area contributed by atoms with E-state index >= 15 is 0 Å². The van der Waals surface area contributed by atoms with Crippen molar-refractivity contribution in [2.75, 3.05) is 18.4 Å². The summed E-state index contributed by atoms with van der Waals surface area (Å²) < 4.78 is 0. The second-order valence-electron chi connectivity index (χ2n) is 5.09. The number of piperidine rings is 1. The SMILES string of the molecule is N#Cc1ccc(NC(=O)CCC2CCNCC2)c(Cl)c1. The van der Waals surface area contributed by atoms with E-state index in [2.05, 4.69) is 10.6 Å². The minimum Gasteiger partial charge on any atom is -0.325 e. The lowest BCUT2D eigenvalue weighted by Gasteiger charge is -2.22. The zero-order valence-corrected chi connectivity index (χ0v) is 12.0. The second-order valence-corrected chi connectivity index (χ2v) is 5.49. The molecule has 0 aliphatic carbocycles. The summed E-state index contributed by atoms with van der Waals surface area (Å²) in [7, 11) is 0. The summed E-state index contributed by atoms with van der Waals surface area (Å²) >= 11 is 6.03. The molecule has 1 aliphatic rings. The van der Waals surface area contributed by atoms with E-state index in [1.54, 1.807) is 18.2 Å². The molecule has 20 heavy (non-hydrogen) atoms. The molecule has 106 valence electrons. The minimum absolute atomic E-state index is 0.0184. The number of rotatable bonds is 4. The van der Waals surface area contributed by atoms with Crippen LogP contribution in [0, 0.1) is 17.2 Å². The molecule has 0 atom stereocenters. The van der Waals surface area contributed by atoms with E-state index in [0.717, 1.165) is 32.4 Å². The van der Waals surface area contributed by atoms with Gasteiger partial charge in [-0.2, -0.15) is 5.26 Å². The summed E-state index contributed by atoms with van der Waals surface area (Å²) in [6.07, 6.45) is 3.72. The van der Waals surface area contributed by atoms with Crippen molar-refractivity contribution in [3.8, 4) is 6.07 Å². The molecule has 1 aromatic rings. The average molecular weight is 292 g/mol. The Bertz CT molecular complexity index is 518. The molecule has 1 heterocycles. The third kappa shape index (κ3) is 4.22. The Balaban J connectivity index is 1.83. The summed E-state index contributed by atoms with van der Waals surface area (Å²) in [5, 5.41) is 15.3. The van der Waals surface area contributed by atoms with Crippen molar-refractivity contribution in [2.45, 2.75) is 25.7 Å². The zero-order valence-electron chi connectivity index (χ0n) is 11.3. The first-order valence-electron chi connectivity index (χ1n) is 6.89. The summed E-state index contributed by atoms with van der Waals surface area (Å²) in [5.74, 6) is 0.619. The summed E-state index contributed by atoms with van der Waals surface area (Å²) in [4.78, 5) is 11.9. The van der Waals surface area contributed by atoms with E-state index < -0.39 is 0 Å². The van der Waals surface area contributed by atoms with Crippen molar-refractivity contribution in [1.29, 1.82) is 5.26 Å². The number of carbonyl (C=O) groups excluding carboxylic acids is 1. The predicted octanol–water partition coefficient (Wildman–Crippen LogP) is 2.93. The standard InChI is InChI=1S/C15H18ClN3O/c16-13-9-12(10-17)1-3-14(13)19-15(20)4-2-11-5-7-18-8-6-11/h1,3,9,11,18H,2,4-8H2,(H,19,20). The highest BCUT2D eigenvalue weighted by Crippen LogP contribution is 2.24. The van der Waals surface area contributed by atoms with Crippen LogP contribution in [-0.4, -0.2) is 19.0 Å². The van der Waals surface area contributed by atoms with Crippen LogP contribution in [0.15, 0.2) is 18.2 Å². The molecule has 2 rings (SSSR count). The van der Waals surface area contributed by atoms with Crippen molar-refractivity contribution in [2.24, 2.45) is 5.92 Å². The number of halogens is 1. The molecule has 2 N–H and O–H groups in total. The fourth-order valence-corrected chi connectivity index (χ4v) is 2.63. The van der Waals surface area contributed by atoms with Gasteiger partial charge in [0.25, 0.3) is 0 Å². The fraction of sp³-hybridized carbons (Fsp3) is 0.467. The van der Waals surface area contributed by atoms with Gasteiger partial charge in [0.1, 0.15) is 0 Å². The van der Waals surface area contributed by atoms with Gasteiger partial charge in [-0.15, -0.1) is 0 Å². The highest BCUT2D eigenvalue weighted by Gasteiger charge is 2.15. The van der Waals surface area contributed by atoms with Crippen molar-refractivity contribution >= 4 is 23.2 Å². The van der Waals surface area contributed by atoms with Crippen molar-refractivity contribution in [1.82, 2.24) is 5.32 Å². The molecule has 0 bridgehead atoms. The lowest BCUT2D eigenvalue weighted by atomic mass is 9.93. The molecule has 0 unspecified atom stereocenters. The van der Waals surface area contributed by atoms with Gasteiger partial charge in [0, 0.05) is 6.42 Å². The van der Waals surface area contributed by atoms with Gasteiger partial charge in [-0.25, -0.2) is 0 Å². The van der Waals surface area contributed by atoms with Crippen LogP contribution < -0.4 is 10.6 Å². The Hall–Kier alpha value is -1.57. The molecule has 1 amide bonds. The van der Waals surface area contributed by atoms with Crippen LogP contribution >= 0.6 is 11.6 Å². The van der Waals surface area contributed by atoms with Crippen LogP contribution in [0.5, 0.6) is 0 Å². The van der Waals surface area contributed by atoms with Crippen molar-refractivity contribution < 1.29 is 4.79 Å². The van der Waals surface area contributed by atoms with Gasteiger partial charge in [-0.3, -0.25) is 4.79 Å². The van der Waals surface area contributed by atoms with Crippen molar-refractivity contribution in [3.05, 3.63) is 28.8 Å². The van der Waals surface area contributed by atoms with Gasteiger partial charge in [0.15, 0.2) is 0 Å². The van der Waals surface area contributed by atoms with Crippen molar-refractivity contribution in [3.63, 3.8) is 0 Å². The van der Waals surface area contributed by atoms with E-state index in [0.29, 0.717) is 28.6 Å². The van der Waals surface area contributed by atoms with Gasteiger partial charge in [0.05, 0.1) is 22.3 Å². The van der Waals surface area contributed by atoms with E-state index in [9.17, 15) is 4.79 Å². The maximum absolute atomic E-state index is 11.9. The molecule has 1 fully saturated rings. The molecule has 4 nitrogen and oxygen atoms in total. The Morgan fingerprint density at radius 2 is 2.20 bits per heavy atom. The summed E-state index contributed by atoms with van der Waals surface area (Å²) in [6.45, 7) is 2.10. The Kier molecular flexibility index (Phi) is 5.40. The second kappa shape index (κ2) is 7.28. The molecular weight excluding hydrogens is 274 g/mol. The van der Waals surface area contributed by atoms with Crippen LogP contribution in [0.3, 0.4) is 0 Å². The third-order valence-electron chi connectivity index (χ3n) is 3.61. The van der Waals surface area contributed by atoms with Gasteiger partial charge in [-0.05, 0) is 56.5 Å². The Morgan fingerprint density at radius 1 is 1.45 bits per heavy atom. The quantitative estimate of drug-likeness (QED) is 0.896. The molecule has 1 aromatic carbocycles. The highest BCUT2D eigenvalue weighted by molar-refractivity contribution is 6.33. The van der Waals surface area contributed by atoms with Gasteiger partial charge < -0.3 is 10.6 Å². The van der Waals surface area contributed by atoms with Crippen LogP contribution in [0.4, 0.5) is 5.69 Å². The number of amides is 1. The first kappa shape index (κ1) is 14.8. The lowest BCUT2D eigenvalue weighted by molar-refractivity contribution is -0.116. The molecule has 0 aromatic heterocycles. The number of hydrogen-bond donors (Lipinski definition) is 2. The van der Waals surface area contributed by atoms with Crippen LogP contribution in [-0.2, 0) is 4.79 Å². The molecule has 0 saturated carbocycles.